The van der Waals surface area contributed by atoms with Crippen molar-refractivity contribution >= 4 is 10.9 Å². The van der Waals surface area contributed by atoms with Crippen molar-refractivity contribution in [3.63, 3.8) is 0 Å². The summed E-state index contributed by atoms with van der Waals surface area (Å²) in [6.45, 7) is 8.79. The van der Waals surface area contributed by atoms with Gasteiger partial charge in [0.1, 0.15) is 12.1 Å². The Bertz CT molecular complexity index is 926. The second-order valence-electron chi connectivity index (χ2n) is 6.72. The number of rotatable bonds is 5. The minimum absolute atomic E-state index is 0.215. The first-order valence-electron chi connectivity index (χ1n) is 9.00. The third-order valence-electron chi connectivity index (χ3n) is 5.16. The van der Waals surface area contributed by atoms with Gasteiger partial charge in [-0.05, 0) is 43.5 Å². The molecule has 1 fully saturated rings. The number of ether oxygens (including phenoxy) is 3. The number of aromatic nitrogens is 2. The highest BCUT2D eigenvalue weighted by molar-refractivity contribution is 5.88. The summed E-state index contributed by atoms with van der Waals surface area (Å²) < 4.78 is 19.7. The molecular formula is C21H24N2O3. The third kappa shape index (κ3) is 3.08. The Balaban J connectivity index is 1.70. The Labute approximate surface area is 153 Å². The fourth-order valence-corrected chi connectivity index (χ4v) is 3.48. The van der Waals surface area contributed by atoms with Gasteiger partial charge in [-0.15, -0.1) is 0 Å². The van der Waals surface area contributed by atoms with Crippen molar-refractivity contribution in [3.05, 3.63) is 58.9 Å². The lowest BCUT2D eigenvalue weighted by atomic mass is 10.1. The fourth-order valence-electron chi connectivity index (χ4n) is 3.48. The fraction of sp³-hybridized carbons (Fsp3) is 0.381. The first kappa shape index (κ1) is 17.1. The smallest absolute Gasteiger partial charge is 0.238 e. The minimum Gasteiger partial charge on any atom is -0.471 e. The van der Waals surface area contributed by atoms with Crippen LogP contribution in [0.4, 0.5) is 0 Å². The van der Waals surface area contributed by atoms with Crippen molar-refractivity contribution in [2.24, 2.45) is 0 Å². The van der Waals surface area contributed by atoms with Crippen molar-refractivity contribution in [2.75, 3.05) is 13.2 Å². The molecule has 0 N–H and O–H groups in total. The van der Waals surface area contributed by atoms with Gasteiger partial charge in [-0.2, -0.15) is 0 Å². The molecule has 0 unspecified atom stereocenters. The predicted octanol–water partition coefficient (Wildman–Crippen LogP) is 3.91. The number of nitrogens with zero attached hydrogens (tertiary/aromatic N) is 2. The molecule has 0 aliphatic carbocycles. The van der Waals surface area contributed by atoms with Crippen LogP contribution in [0, 0.1) is 20.8 Å². The highest BCUT2D eigenvalue weighted by atomic mass is 16.7. The molecule has 136 valence electrons. The molecule has 26 heavy (non-hydrogen) atoms. The van der Waals surface area contributed by atoms with E-state index in [-0.39, 0.29) is 6.29 Å². The van der Waals surface area contributed by atoms with E-state index in [1.807, 2.05) is 24.4 Å². The van der Waals surface area contributed by atoms with Gasteiger partial charge in [0.15, 0.2) is 6.29 Å². The molecule has 2 aromatic heterocycles. The van der Waals surface area contributed by atoms with E-state index >= 15 is 0 Å². The van der Waals surface area contributed by atoms with Crippen LogP contribution in [0.1, 0.15) is 22.4 Å². The zero-order valence-corrected chi connectivity index (χ0v) is 15.5. The quantitative estimate of drug-likeness (QED) is 0.698. The summed E-state index contributed by atoms with van der Waals surface area (Å²) >= 11 is 0. The van der Waals surface area contributed by atoms with E-state index in [0.717, 1.165) is 10.9 Å². The second-order valence-corrected chi connectivity index (χ2v) is 6.72. The van der Waals surface area contributed by atoms with Gasteiger partial charge in [0.05, 0.1) is 19.8 Å². The molecule has 5 nitrogen and oxygen atoms in total. The molecule has 0 spiro atoms. The van der Waals surface area contributed by atoms with Crippen LogP contribution in [-0.2, 0) is 22.6 Å². The van der Waals surface area contributed by atoms with E-state index in [9.17, 15) is 0 Å². The molecule has 0 saturated carbocycles. The average Bonchev–Trinajstić information content (AvgIpc) is 3.25. The summed E-state index contributed by atoms with van der Waals surface area (Å²) in [5.74, 6) is 0.653. The van der Waals surface area contributed by atoms with Crippen molar-refractivity contribution in [1.82, 2.24) is 9.55 Å². The van der Waals surface area contributed by atoms with Gasteiger partial charge in [0, 0.05) is 17.3 Å². The van der Waals surface area contributed by atoms with E-state index in [1.165, 1.54) is 22.4 Å². The zero-order valence-electron chi connectivity index (χ0n) is 15.5. The normalized spacial score (nSPS) is 15.0. The predicted molar refractivity (Wildman–Crippen MR) is 100 cm³/mol. The van der Waals surface area contributed by atoms with Gasteiger partial charge in [-0.3, -0.25) is 0 Å². The maximum atomic E-state index is 6.15. The van der Waals surface area contributed by atoms with Crippen molar-refractivity contribution in [1.29, 1.82) is 0 Å². The Kier molecular flexibility index (Phi) is 4.66. The van der Waals surface area contributed by atoms with Crippen LogP contribution in [0.15, 0.2) is 36.5 Å². The van der Waals surface area contributed by atoms with E-state index in [0.29, 0.717) is 32.2 Å². The van der Waals surface area contributed by atoms with Crippen LogP contribution in [0.25, 0.3) is 10.9 Å². The van der Waals surface area contributed by atoms with Crippen LogP contribution in [0.5, 0.6) is 5.88 Å². The van der Waals surface area contributed by atoms with E-state index in [1.54, 1.807) is 0 Å². The molecule has 3 aromatic rings. The lowest BCUT2D eigenvalue weighted by Gasteiger charge is -2.15. The maximum absolute atomic E-state index is 6.15. The Morgan fingerprint density at radius 1 is 1.12 bits per heavy atom. The monoisotopic (exact) mass is 352 g/mol. The molecule has 0 radical (unpaired) electrons. The van der Waals surface area contributed by atoms with Gasteiger partial charge in [-0.25, -0.2) is 4.98 Å². The van der Waals surface area contributed by atoms with Crippen LogP contribution < -0.4 is 4.74 Å². The number of aryl methyl sites for hydroxylation is 2. The van der Waals surface area contributed by atoms with Gasteiger partial charge in [0.25, 0.3) is 0 Å². The Morgan fingerprint density at radius 2 is 1.88 bits per heavy atom. The SMILES string of the molecule is Cc1ccccc1COc1nccc2c(C)c(C)n(CC3OCCO3)c12. The van der Waals surface area contributed by atoms with Gasteiger partial charge in [0.2, 0.25) is 5.88 Å². The highest BCUT2D eigenvalue weighted by Gasteiger charge is 2.22. The molecule has 1 saturated heterocycles. The van der Waals surface area contributed by atoms with E-state index in [4.69, 9.17) is 14.2 Å². The molecule has 0 bridgehead atoms. The number of hydrogen-bond acceptors (Lipinski definition) is 4. The van der Waals surface area contributed by atoms with Gasteiger partial charge >= 0.3 is 0 Å². The van der Waals surface area contributed by atoms with Crippen LogP contribution >= 0.6 is 0 Å². The summed E-state index contributed by atoms with van der Waals surface area (Å²) in [6.07, 6.45) is 1.60. The molecule has 0 atom stereocenters. The van der Waals surface area contributed by atoms with E-state index in [2.05, 4.69) is 42.5 Å². The Morgan fingerprint density at radius 3 is 2.65 bits per heavy atom. The van der Waals surface area contributed by atoms with Crippen molar-refractivity contribution < 1.29 is 14.2 Å². The standard InChI is InChI=1S/C21H24N2O3/c1-14-6-4-5-7-17(14)13-26-21-20-18(8-9-22-21)15(2)16(3)23(20)12-19-24-10-11-25-19/h4-9,19H,10-13H2,1-3H3. The van der Waals surface area contributed by atoms with Crippen LogP contribution in [0.3, 0.4) is 0 Å². The number of fused-ring (bicyclic) bond motifs is 1. The number of pyridine rings is 1. The lowest BCUT2D eigenvalue weighted by Crippen LogP contribution is -2.18. The maximum Gasteiger partial charge on any atom is 0.238 e. The highest BCUT2D eigenvalue weighted by Crippen LogP contribution is 2.32. The largest absolute Gasteiger partial charge is 0.471 e. The molecule has 5 heteroatoms. The third-order valence-corrected chi connectivity index (χ3v) is 5.16. The number of hydrogen-bond donors (Lipinski definition) is 0. The van der Waals surface area contributed by atoms with Crippen molar-refractivity contribution in [2.45, 2.75) is 40.2 Å². The lowest BCUT2D eigenvalue weighted by molar-refractivity contribution is -0.0520. The molecule has 3 heterocycles. The molecule has 1 aromatic carbocycles. The molecule has 1 aliphatic heterocycles. The molecule has 0 amide bonds. The zero-order chi connectivity index (χ0) is 18.1. The summed E-state index contributed by atoms with van der Waals surface area (Å²) in [4.78, 5) is 4.52. The van der Waals surface area contributed by atoms with E-state index < -0.39 is 0 Å². The summed E-state index contributed by atoms with van der Waals surface area (Å²) in [6, 6.07) is 10.3. The Hall–Kier alpha value is -2.37. The summed E-state index contributed by atoms with van der Waals surface area (Å²) in [7, 11) is 0. The topological polar surface area (TPSA) is 45.5 Å². The molecular weight excluding hydrogens is 328 g/mol. The minimum atomic E-state index is -0.215. The second kappa shape index (κ2) is 7.09. The van der Waals surface area contributed by atoms with Crippen molar-refractivity contribution in [3.8, 4) is 5.88 Å². The molecule has 4 rings (SSSR count). The summed E-state index contributed by atoms with van der Waals surface area (Å²) in [5, 5.41) is 1.16. The molecule has 1 aliphatic rings. The average molecular weight is 352 g/mol. The first-order valence-corrected chi connectivity index (χ1v) is 9.00. The van der Waals surface area contributed by atoms with Gasteiger partial charge in [-0.1, -0.05) is 24.3 Å². The first-order chi connectivity index (χ1) is 12.6. The number of benzene rings is 1. The summed E-state index contributed by atoms with van der Waals surface area (Å²) in [5.41, 5.74) is 5.82. The van der Waals surface area contributed by atoms with Crippen LogP contribution in [0.2, 0.25) is 0 Å². The van der Waals surface area contributed by atoms with Gasteiger partial charge < -0.3 is 18.8 Å². The van der Waals surface area contributed by atoms with Crippen LogP contribution in [-0.4, -0.2) is 29.1 Å².